The number of alkyl halides is 3. The van der Waals surface area contributed by atoms with Gasteiger partial charge in [-0.15, -0.1) is 0 Å². The Morgan fingerprint density at radius 3 is 2.50 bits per heavy atom. The Morgan fingerprint density at radius 2 is 2.00 bits per heavy atom. The zero-order chi connectivity index (χ0) is 12.3. The molecule has 0 aromatic heterocycles. The lowest BCUT2D eigenvalue weighted by Crippen LogP contribution is -2.16. The fourth-order valence-electron chi connectivity index (χ4n) is 1.53. The summed E-state index contributed by atoms with van der Waals surface area (Å²) in [6.07, 6.45) is -5.12. The van der Waals surface area contributed by atoms with E-state index in [0.717, 1.165) is 5.56 Å². The minimum absolute atomic E-state index is 0.105. The van der Waals surface area contributed by atoms with Crippen LogP contribution in [0.1, 0.15) is 30.0 Å². The fourth-order valence-corrected chi connectivity index (χ4v) is 1.76. The summed E-state index contributed by atoms with van der Waals surface area (Å²) in [4.78, 5) is 0. The Labute approximate surface area is 97.4 Å². The van der Waals surface area contributed by atoms with Gasteiger partial charge in [-0.25, -0.2) is 0 Å². The van der Waals surface area contributed by atoms with E-state index in [1.807, 2.05) is 0 Å². The van der Waals surface area contributed by atoms with Crippen molar-refractivity contribution in [3.05, 3.63) is 34.3 Å². The largest absolute Gasteiger partial charge is 0.389 e. The molecule has 0 heterocycles. The van der Waals surface area contributed by atoms with E-state index in [1.165, 1.54) is 0 Å². The van der Waals surface area contributed by atoms with Crippen LogP contribution in [0.25, 0.3) is 0 Å². The van der Waals surface area contributed by atoms with Crippen LogP contribution >= 0.6 is 11.6 Å². The van der Waals surface area contributed by atoms with E-state index in [2.05, 4.69) is 0 Å². The maximum absolute atomic E-state index is 12.0. The molecule has 0 radical (unpaired) electrons. The monoisotopic (exact) mass is 251 g/mol. The van der Waals surface area contributed by atoms with Gasteiger partial charge in [0, 0.05) is 17.5 Å². The van der Waals surface area contributed by atoms with Crippen LogP contribution in [0, 0.1) is 6.92 Å². The first-order chi connectivity index (χ1) is 7.29. The van der Waals surface area contributed by atoms with Crippen molar-refractivity contribution >= 4 is 11.6 Å². The average Bonchev–Trinajstić information content (AvgIpc) is 2.13. The summed E-state index contributed by atoms with van der Waals surface area (Å²) >= 11 is 5.75. The highest BCUT2D eigenvalue weighted by Crippen LogP contribution is 2.28. The first kappa shape index (κ1) is 13.3. The lowest BCUT2D eigenvalue weighted by atomic mass is 9.98. The van der Waals surface area contributed by atoms with Crippen LogP contribution in [0.5, 0.6) is 0 Å². The third kappa shape index (κ3) is 4.02. The molecule has 0 aliphatic heterocycles. The van der Waals surface area contributed by atoms with Gasteiger partial charge >= 0.3 is 6.18 Å². The van der Waals surface area contributed by atoms with Gasteiger partial charge < -0.3 is 5.73 Å². The summed E-state index contributed by atoms with van der Waals surface area (Å²) in [6.45, 7) is 1.79. The van der Waals surface area contributed by atoms with Crippen molar-refractivity contribution in [3.8, 4) is 0 Å². The van der Waals surface area contributed by atoms with E-state index in [1.54, 1.807) is 25.1 Å². The Kier molecular flexibility index (Phi) is 4.21. The summed E-state index contributed by atoms with van der Waals surface area (Å²) < 4.78 is 36.1. The number of aryl methyl sites for hydroxylation is 1. The van der Waals surface area contributed by atoms with Crippen molar-refractivity contribution in [2.24, 2.45) is 5.73 Å². The molecule has 0 unspecified atom stereocenters. The summed E-state index contributed by atoms with van der Waals surface area (Å²) in [5.74, 6) is 0. The van der Waals surface area contributed by atoms with Crippen molar-refractivity contribution in [2.75, 3.05) is 0 Å². The average molecular weight is 252 g/mol. The van der Waals surface area contributed by atoms with Crippen molar-refractivity contribution in [1.29, 1.82) is 0 Å². The van der Waals surface area contributed by atoms with Crippen LogP contribution in [-0.2, 0) is 0 Å². The molecule has 0 spiro atoms. The molecule has 1 aromatic rings. The van der Waals surface area contributed by atoms with Crippen LogP contribution in [-0.4, -0.2) is 6.18 Å². The molecule has 0 fully saturated rings. The van der Waals surface area contributed by atoms with Gasteiger partial charge in [0.2, 0.25) is 0 Å². The fraction of sp³-hybridized carbons (Fsp3) is 0.455. The second-order valence-electron chi connectivity index (χ2n) is 3.76. The van der Waals surface area contributed by atoms with Gasteiger partial charge in [-0.05, 0) is 36.6 Å². The molecule has 1 aromatic carbocycles. The van der Waals surface area contributed by atoms with Crippen LogP contribution in [0.15, 0.2) is 18.2 Å². The minimum atomic E-state index is -4.15. The Morgan fingerprint density at radius 1 is 1.38 bits per heavy atom. The number of benzene rings is 1. The molecule has 2 N–H and O–H groups in total. The number of hydrogen-bond acceptors (Lipinski definition) is 1. The molecule has 16 heavy (non-hydrogen) atoms. The van der Waals surface area contributed by atoms with E-state index >= 15 is 0 Å². The van der Waals surface area contributed by atoms with Gasteiger partial charge in [0.15, 0.2) is 0 Å². The first-order valence-electron chi connectivity index (χ1n) is 4.88. The van der Waals surface area contributed by atoms with Gasteiger partial charge in [0.25, 0.3) is 0 Å². The second kappa shape index (κ2) is 5.06. The van der Waals surface area contributed by atoms with Crippen molar-refractivity contribution in [3.63, 3.8) is 0 Å². The van der Waals surface area contributed by atoms with Gasteiger partial charge in [-0.3, -0.25) is 0 Å². The minimum Gasteiger partial charge on any atom is -0.324 e. The van der Waals surface area contributed by atoms with Crippen LogP contribution < -0.4 is 5.73 Å². The molecular weight excluding hydrogens is 239 g/mol. The van der Waals surface area contributed by atoms with E-state index in [4.69, 9.17) is 17.3 Å². The number of hydrogen-bond donors (Lipinski definition) is 1. The molecule has 0 amide bonds. The van der Waals surface area contributed by atoms with Crippen molar-refractivity contribution in [2.45, 2.75) is 32.0 Å². The Balaban J connectivity index is 2.70. The van der Waals surface area contributed by atoms with Gasteiger partial charge in [-0.2, -0.15) is 13.2 Å². The zero-order valence-corrected chi connectivity index (χ0v) is 9.57. The third-order valence-electron chi connectivity index (χ3n) is 2.37. The molecule has 0 saturated carbocycles. The highest BCUT2D eigenvalue weighted by atomic mass is 35.5. The summed E-state index contributed by atoms with van der Waals surface area (Å²) in [5.41, 5.74) is 7.25. The standard InChI is InChI=1S/C11H13ClF3N/c1-7-6-8(12)2-3-9(7)10(16)4-5-11(13,14)15/h2-3,6,10H,4-5,16H2,1H3/t10-/m0/s1. The number of nitrogens with two attached hydrogens (primary N) is 1. The third-order valence-corrected chi connectivity index (χ3v) is 2.61. The van der Waals surface area contributed by atoms with Gasteiger partial charge in [0.1, 0.15) is 0 Å². The van der Waals surface area contributed by atoms with Gasteiger partial charge in [0.05, 0.1) is 0 Å². The van der Waals surface area contributed by atoms with Crippen LogP contribution in [0.2, 0.25) is 5.02 Å². The first-order valence-corrected chi connectivity index (χ1v) is 5.26. The maximum atomic E-state index is 12.0. The lowest BCUT2D eigenvalue weighted by molar-refractivity contribution is -0.136. The molecule has 1 nitrogen and oxygen atoms in total. The summed E-state index contributed by atoms with van der Waals surface area (Å²) in [5, 5.41) is 0.560. The van der Waals surface area contributed by atoms with Crippen molar-refractivity contribution < 1.29 is 13.2 Å². The topological polar surface area (TPSA) is 26.0 Å². The Hall–Kier alpha value is -0.740. The molecule has 0 saturated heterocycles. The SMILES string of the molecule is Cc1cc(Cl)ccc1[C@@H](N)CCC(F)(F)F. The summed E-state index contributed by atoms with van der Waals surface area (Å²) in [7, 11) is 0. The van der Waals surface area contributed by atoms with E-state index in [-0.39, 0.29) is 6.42 Å². The van der Waals surface area contributed by atoms with Crippen LogP contribution in [0.4, 0.5) is 13.2 Å². The second-order valence-corrected chi connectivity index (χ2v) is 4.20. The smallest absolute Gasteiger partial charge is 0.324 e. The highest BCUT2D eigenvalue weighted by molar-refractivity contribution is 6.30. The molecule has 0 bridgehead atoms. The molecule has 0 aliphatic rings. The molecule has 90 valence electrons. The van der Waals surface area contributed by atoms with E-state index in [0.29, 0.717) is 10.6 Å². The molecule has 1 atom stereocenters. The predicted molar refractivity (Wildman–Crippen MR) is 58.4 cm³/mol. The maximum Gasteiger partial charge on any atom is 0.389 e. The normalized spacial score (nSPS) is 13.9. The zero-order valence-electron chi connectivity index (χ0n) is 8.81. The van der Waals surface area contributed by atoms with Crippen LogP contribution in [0.3, 0.4) is 0 Å². The van der Waals surface area contributed by atoms with E-state index in [9.17, 15) is 13.2 Å². The van der Waals surface area contributed by atoms with Gasteiger partial charge in [-0.1, -0.05) is 17.7 Å². The lowest BCUT2D eigenvalue weighted by Gasteiger charge is -2.16. The molecular formula is C11H13ClF3N. The number of halogens is 4. The Bertz CT molecular complexity index is 363. The van der Waals surface area contributed by atoms with E-state index < -0.39 is 18.6 Å². The number of rotatable bonds is 3. The molecule has 1 rings (SSSR count). The predicted octanol–water partition coefficient (Wildman–Crippen LogP) is 3.99. The molecule has 5 heteroatoms. The van der Waals surface area contributed by atoms with Crippen molar-refractivity contribution in [1.82, 2.24) is 0 Å². The quantitative estimate of drug-likeness (QED) is 0.864. The molecule has 0 aliphatic carbocycles. The summed E-state index contributed by atoms with van der Waals surface area (Å²) in [6, 6.07) is 4.42. The highest BCUT2D eigenvalue weighted by Gasteiger charge is 2.28.